The van der Waals surface area contributed by atoms with Crippen molar-refractivity contribution in [3.05, 3.63) is 36.0 Å². The van der Waals surface area contributed by atoms with E-state index >= 15 is 28.8 Å². The molecule has 127 heavy (non-hydrogen) atoms. The number of aromatic amines is 1. The third-order valence-corrected chi connectivity index (χ3v) is 21.2. The number of hydrogen-bond donors (Lipinski definition) is 32. The lowest BCUT2D eigenvalue weighted by atomic mass is 10.0. The number of aromatic nitrogens is 1. The molecule has 4 heterocycles. The van der Waals surface area contributed by atoms with Crippen LogP contribution in [0, 0.1) is 27.0 Å². The number of fused-ring (bicyclic) bond motifs is 3. The van der Waals surface area contributed by atoms with Gasteiger partial charge < -0.3 is 157 Å². The molecule has 1 aromatic carbocycles. The highest BCUT2D eigenvalue weighted by Crippen LogP contribution is 2.28. The van der Waals surface area contributed by atoms with Crippen molar-refractivity contribution in [1.82, 2.24) is 105 Å². The molecule has 704 valence electrons. The standard InChI is InChI=1S/C77H130N34O16/c1-41-60(115)101-45(17-4-6-28-78)61(116)98-40-59(114)100-51(26-27-57(80)112)67(122)104-50(22-11-33-95-76(88)89)66(121)108-54(38-58(81)113)69(124)106-49(21-10-32-94-75(86)87)65(120)107-52(23-12-34-96-77(90)91)71(126)111-36-14-25-56(111)72(127)110-35-13-24-55(110)70(125)109-53(37-42-39-97-44-16-3-2-15-43(42)44)68(123)105-48(20-9-31-93-74(84)85)64(119)102-46(18-5-7-29-79)63(118)103-47(62(117)99-41)19-8-30-92-73(82)83/h2-3,15-16,39,41,45-56,97H,4-14,17-38,40,78-79H2,1H3,(H2,80,112)(H2,81,113)(H,98,116)(H,99,117)(H,100,114)(H,101,115)(H,102,119)(H,103,118)(H,104,122)(H,105,123)(H,106,124)(H,107,120)(H,108,121)(H,109,125)(H4,82,83,92)(H4,84,85,93)(H4,86,87,94)(H4,88,89,95)(H4,90,91,96)/t41-,45-,46-,47-,48-,49-,50-,51-,52-,53-,54-,55+,56-/m0/s1. The van der Waals surface area contributed by atoms with Crippen LogP contribution in [-0.4, -0.2) is 283 Å². The van der Waals surface area contributed by atoms with E-state index in [2.05, 4.69) is 95.4 Å². The number of rotatable bonds is 35. The molecule has 2 aromatic rings. The van der Waals surface area contributed by atoms with E-state index in [4.69, 9.17) is 78.6 Å². The fraction of sp³-hybridized carbons (Fsp3) is 0.623. The molecule has 50 heteroatoms. The average molecular weight is 1790 g/mol. The van der Waals surface area contributed by atoms with Gasteiger partial charge in [-0.3, -0.25) is 104 Å². The van der Waals surface area contributed by atoms with E-state index in [9.17, 15) is 47.9 Å². The number of nitrogens with zero attached hydrogens (tertiary/aromatic N) is 2. The summed E-state index contributed by atoms with van der Waals surface area (Å²) in [7, 11) is 0. The van der Waals surface area contributed by atoms with Crippen molar-refractivity contribution in [2.45, 2.75) is 240 Å². The van der Waals surface area contributed by atoms with Crippen molar-refractivity contribution in [3.63, 3.8) is 0 Å². The Bertz CT molecular complexity index is 4190. The summed E-state index contributed by atoms with van der Waals surface area (Å²) in [6.45, 7) is 0.421. The Morgan fingerprint density at radius 2 is 0.740 bits per heavy atom. The first-order valence-corrected chi connectivity index (χ1v) is 42.5. The van der Waals surface area contributed by atoms with E-state index in [1.165, 1.54) is 16.7 Å². The number of unbranched alkanes of at least 4 members (excludes halogenated alkanes) is 2. The minimum Gasteiger partial charge on any atom is -0.370 e. The summed E-state index contributed by atoms with van der Waals surface area (Å²) in [6, 6.07) is -13.0. The van der Waals surface area contributed by atoms with E-state index in [0.29, 0.717) is 29.3 Å². The number of amides is 16. The van der Waals surface area contributed by atoms with Crippen LogP contribution in [-0.2, 0) is 83.1 Å². The van der Waals surface area contributed by atoms with E-state index in [0.717, 1.165) is 0 Å². The molecule has 0 unspecified atom stereocenters. The van der Waals surface area contributed by atoms with Crippen LogP contribution < -0.4 is 142 Å². The second kappa shape index (κ2) is 54.3. The summed E-state index contributed by atoms with van der Waals surface area (Å²) in [6.07, 6.45) is -0.264. The first kappa shape index (κ1) is 104. The molecule has 0 aliphatic carbocycles. The largest absolute Gasteiger partial charge is 0.370 e. The van der Waals surface area contributed by atoms with Gasteiger partial charge in [-0.2, -0.15) is 0 Å². The van der Waals surface area contributed by atoms with Gasteiger partial charge in [-0.25, -0.2) is 0 Å². The molecule has 3 aliphatic heterocycles. The van der Waals surface area contributed by atoms with Gasteiger partial charge in [-0.05, 0) is 166 Å². The summed E-state index contributed by atoms with van der Waals surface area (Å²) in [5.74, 6) is -17.9. The maximum Gasteiger partial charge on any atom is 0.246 e. The molecule has 5 rings (SSSR count). The minimum atomic E-state index is -1.96. The predicted octanol–water partition coefficient (Wildman–Crippen LogP) is -10.1. The number of H-pyrrole nitrogens is 1. The fourth-order valence-corrected chi connectivity index (χ4v) is 14.6. The topological polar surface area (TPSA) is 853 Å². The Morgan fingerprint density at radius 3 is 1.17 bits per heavy atom. The maximum atomic E-state index is 15.3. The molecule has 0 bridgehead atoms. The Morgan fingerprint density at radius 1 is 0.386 bits per heavy atom. The lowest BCUT2D eigenvalue weighted by Gasteiger charge is -2.34. The van der Waals surface area contributed by atoms with E-state index in [-0.39, 0.29) is 181 Å². The zero-order chi connectivity index (χ0) is 93.8. The van der Waals surface area contributed by atoms with Crippen molar-refractivity contribution in [2.24, 2.45) is 51.6 Å². The highest BCUT2D eigenvalue weighted by Gasteiger charge is 2.46. The zero-order valence-corrected chi connectivity index (χ0v) is 71.6. The van der Waals surface area contributed by atoms with Gasteiger partial charge in [0.2, 0.25) is 94.5 Å². The van der Waals surface area contributed by atoms with Crippen molar-refractivity contribution < 1.29 is 76.7 Å². The third kappa shape index (κ3) is 36.7. The molecule has 0 saturated carbocycles. The van der Waals surface area contributed by atoms with Crippen LogP contribution in [0.25, 0.3) is 10.9 Å². The molecular weight excluding hydrogens is 1660 g/mol. The van der Waals surface area contributed by atoms with Gasteiger partial charge in [0, 0.05) is 75.8 Å². The van der Waals surface area contributed by atoms with E-state index in [1.54, 1.807) is 30.5 Å². The molecule has 0 spiro atoms. The smallest absolute Gasteiger partial charge is 0.246 e. The second-order valence-corrected chi connectivity index (χ2v) is 31.2. The summed E-state index contributed by atoms with van der Waals surface area (Å²) in [5.41, 5.74) is 52.0. The molecule has 3 aliphatic rings. The number of para-hydroxylation sites is 1. The van der Waals surface area contributed by atoms with Crippen molar-refractivity contribution in [1.29, 1.82) is 27.0 Å². The van der Waals surface area contributed by atoms with Crippen LogP contribution in [0.15, 0.2) is 30.5 Å². The number of carbonyl (C=O) groups is 16. The van der Waals surface area contributed by atoms with Crippen LogP contribution in [0.5, 0.6) is 0 Å². The fourth-order valence-electron chi connectivity index (χ4n) is 14.6. The predicted molar refractivity (Wildman–Crippen MR) is 465 cm³/mol. The maximum absolute atomic E-state index is 15.3. The lowest BCUT2D eigenvalue weighted by Crippen LogP contribution is -2.61. The highest BCUT2D eigenvalue weighted by molar-refractivity contribution is 6.02. The minimum absolute atomic E-state index is 0.00428. The number of benzene rings is 1. The quantitative estimate of drug-likeness (QED) is 0.0173. The number of hydrogen-bond acceptors (Lipinski definition) is 23. The van der Waals surface area contributed by atoms with Crippen LogP contribution in [0.3, 0.4) is 0 Å². The first-order valence-electron chi connectivity index (χ1n) is 42.5. The number of carbonyl (C=O) groups excluding carboxylic acids is 16. The molecule has 0 radical (unpaired) electrons. The lowest BCUT2D eigenvalue weighted by molar-refractivity contribution is -0.148. The second-order valence-electron chi connectivity index (χ2n) is 31.2. The van der Waals surface area contributed by atoms with Gasteiger partial charge in [-0.15, -0.1) is 0 Å². The summed E-state index contributed by atoms with van der Waals surface area (Å²) in [4.78, 5) is 238. The highest BCUT2D eigenvalue weighted by atomic mass is 16.2. The van der Waals surface area contributed by atoms with Gasteiger partial charge in [0.1, 0.15) is 78.5 Å². The monoisotopic (exact) mass is 1790 g/mol. The number of nitrogens with one attached hydrogen (secondary N) is 23. The van der Waals surface area contributed by atoms with E-state index < -0.39 is 229 Å². The first-order chi connectivity index (χ1) is 60.4. The van der Waals surface area contributed by atoms with Crippen molar-refractivity contribution in [3.8, 4) is 0 Å². The van der Waals surface area contributed by atoms with Gasteiger partial charge in [0.15, 0.2) is 29.8 Å². The third-order valence-electron chi connectivity index (χ3n) is 21.2. The summed E-state index contributed by atoms with van der Waals surface area (Å²) >= 11 is 0. The van der Waals surface area contributed by atoms with Crippen LogP contribution in [0.2, 0.25) is 0 Å². The summed E-state index contributed by atoms with van der Waals surface area (Å²) in [5, 5.41) is 83.4. The number of nitrogens with two attached hydrogens (primary N) is 9. The Balaban J connectivity index is 1.67. The molecular formula is C77H130N34O16. The van der Waals surface area contributed by atoms with Crippen molar-refractivity contribution in [2.75, 3.05) is 65.4 Å². The SMILES string of the molecule is C[C@@H]1NC(=O)[C@H](CCCNC(=N)N)NC(=O)[C@H](CCCCN)NC(=O)[C@H](CCCNC(=N)N)NC(=O)[C@H](Cc2c[nH]c3ccccc23)NC(=O)[C@H]2CCCN2C(=O)[C@@H]2CCCN2C(=O)[C@H](CCCNC(=N)N)NC(=O)[C@H](CCCNC(=N)N)NC(=O)[C@H](CC(N)=O)NC(=O)[C@H](CCCNC(=N)N)NC(=O)[C@H](CCC(N)=O)NC(=O)CNC(=O)[C@H](CCCCN)NC1=O. The number of guanidine groups is 5. The van der Waals surface area contributed by atoms with Gasteiger partial charge >= 0.3 is 0 Å². The molecule has 41 N–H and O–H groups in total. The molecule has 13 atom stereocenters. The van der Waals surface area contributed by atoms with Crippen LogP contribution in [0.4, 0.5) is 0 Å². The molecule has 16 amide bonds. The zero-order valence-electron chi connectivity index (χ0n) is 71.6. The van der Waals surface area contributed by atoms with Gasteiger partial charge in [0.05, 0.1) is 13.0 Å². The molecule has 50 nitrogen and oxygen atoms in total. The Hall–Kier alpha value is -13.4. The Labute approximate surface area is 733 Å². The molecule has 3 saturated heterocycles. The van der Waals surface area contributed by atoms with Gasteiger partial charge in [-0.1, -0.05) is 18.2 Å². The normalized spacial score (nSPS) is 23.6. The van der Waals surface area contributed by atoms with E-state index in [1.807, 2.05) is 0 Å². The average Bonchev–Trinajstić information content (AvgIpc) is 1.66. The molecule has 1 aromatic heterocycles. The van der Waals surface area contributed by atoms with Crippen LogP contribution in [0.1, 0.15) is 160 Å². The molecule has 3 fully saturated rings. The van der Waals surface area contributed by atoms with Gasteiger partial charge in [0.25, 0.3) is 0 Å². The number of primary amides is 2. The van der Waals surface area contributed by atoms with Crippen molar-refractivity contribution >= 4 is 135 Å². The summed E-state index contributed by atoms with van der Waals surface area (Å²) < 4.78 is 0. The Kier molecular flexibility index (Phi) is 44.5. The van der Waals surface area contributed by atoms with Crippen LogP contribution >= 0.6 is 0 Å².